The maximum atomic E-state index is 10.7. The zero-order chi connectivity index (χ0) is 11.4. The molecule has 0 unspecified atom stereocenters. The molecule has 0 aromatic carbocycles. The molecule has 0 aliphatic carbocycles. The third-order valence-electron chi connectivity index (χ3n) is 2.06. The van der Waals surface area contributed by atoms with E-state index >= 15 is 0 Å². The van der Waals surface area contributed by atoms with E-state index in [4.69, 9.17) is 5.73 Å². The molecule has 0 spiro atoms. The molecule has 1 amide bonds. The van der Waals surface area contributed by atoms with Crippen LogP contribution in [0.1, 0.15) is 12.0 Å². The Bertz CT molecular complexity index is 481. The van der Waals surface area contributed by atoms with Gasteiger partial charge in [0.15, 0.2) is 0 Å². The van der Waals surface area contributed by atoms with E-state index in [9.17, 15) is 4.79 Å². The SMILES string of the molecule is NC(=O)CCc1ccnc(-c2nn[nH]n2)c1. The summed E-state index contributed by atoms with van der Waals surface area (Å²) in [4.78, 5) is 14.8. The molecule has 82 valence electrons. The fourth-order valence-electron chi connectivity index (χ4n) is 1.29. The van der Waals surface area contributed by atoms with Crippen molar-refractivity contribution in [3.8, 4) is 11.5 Å². The van der Waals surface area contributed by atoms with Crippen molar-refractivity contribution in [2.75, 3.05) is 0 Å². The molecular weight excluding hydrogens is 208 g/mol. The summed E-state index contributed by atoms with van der Waals surface area (Å²) in [7, 11) is 0. The third-order valence-corrected chi connectivity index (χ3v) is 2.06. The number of hydrogen-bond acceptors (Lipinski definition) is 5. The van der Waals surface area contributed by atoms with Crippen molar-refractivity contribution in [2.24, 2.45) is 5.73 Å². The monoisotopic (exact) mass is 218 g/mol. The maximum absolute atomic E-state index is 10.7. The lowest BCUT2D eigenvalue weighted by Crippen LogP contribution is -2.11. The molecule has 2 aromatic heterocycles. The summed E-state index contributed by atoms with van der Waals surface area (Å²) in [6.45, 7) is 0. The average molecular weight is 218 g/mol. The first-order valence-electron chi connectivity index (χ1n) is 4.73. The molecule has 2 aromatic rings. The molecular formula is C9H10N6O. The Hall–Kier alpha value is -2.31. The van der Waals surface area contributed by atoms with Crippen LogP contribution in [0.2, 0.25) is 0 Å². The van der Waals surface area contributed by atoms with Gasteiger partial charge in [-0.3, -0.25) is 9.78 Å². The Labute approximate surface area is 91.1 Å². The Morgan fingerprint density at radius 2 is 2.38 bits per heavy atom. The normalized spacial score (nSPS) is 10.2. The summed E-state index contributed by atoms with van der Waals surface area (Å²) in [6, 6.07) is 3.64. The highest BCUT2D eigenvalue weighted by Crippen LogP contribution is 2.12. The maximum Gasteiger partial charge on any atom is 0.222 e. The summed E-state index contributed by atoms with van der Waals surface area (Å²) in [6.07, 6.45) is 2.54. The number of nitrogens with zero attached hydrogens (tertiary/aromatic N) is 4. The van der Waals surface area contributed by atoms with E-state index in [1.54, 1.807) is 6.20 Å². The number of hydrogen-bond donors (Lipinski definition) is 2. The van der Waals surface area contributed by atoms with Crippen molar-refractivity contribution >= 4 is 5.91 Å². The number of aromatic nitrogens is 5. The minimum absolute atomic E-state index is 0.315. The van der Waals surface area contributed by atoms with Gasteiger partial charge in [-0.05, 0) is 29.3 Å². The smallest absolute Gasteiger partial charge is 0.222 e. The number of primary amides is 1. The average Bonchev–Trinajstić information content (AvgIpc) is 2.80. The van der Waals surface area contributed by atoms with Crippen LogP contribution in [-0.2, 0) is 11.2 Å². The number of nitrogens with one attached hydrogen (secondary N) is 1. The van der Waals surface area contributed by atoms with Crippen LogP contribution < -0.4 is 5.73 Å². The summed E-state index contributed by atoms with van der Waals surface area (Å²) >= 11 is 0. The summed E-state index contributed by atoms with van der Waals surface area (Å²) in [5, 5.41) is 13.4. The van der Waals surface area contributed by atoms with Gasteiger partial charge in [0.05, 0.1) is 0 Å². The third kappa shape index (κ3) is 2.38. The molecule has 0 radical (unpaired) electrons. The molecule has 0 saturated heterocycles. The molecule has 0 fully saturated rings. The van der Waals surface area contributed by atoms with Gasteiger partial charge >= 0.3 is 0 Å². The van der Waals surface area contributed by atoms with Crippen LogP contribution in [0.3, 0.4) is 0 Å². The zero-order valence-corrected chi connectivity index (χ0v) is 8.42. The number of aromatic amines is 1. The minimum atomic E-state index is -0.321. The number of carbonyl (C=O) groups excluding carboxylic acids is 1. The van der Waals surface area contributed by atoms with E-state index in [0.29, 0.717) is 24.4 Å². The lowest BCUT2D eigenvalue weighted by Gasteiger charge is -2.00. The molecule has 0 bridgehead atoms. The molecule has 2 rings (SSSR count). The van der Waals surface area contributed by atoms with Gasteiger partial charge in [-0.25, -0.2) is 0 Å². The zero-order valence-electron chi connectivity index (χ0n) is 8.42. The second kappa shape index (κ2) is 4.47. The molecule has 0 aliphatic heterocycles. The first-order valence-corrected chi connectivity index (χ1v) is 4.73. The van der Waals surface area contributed by atoms with Gasteiger partial charge in [0.2, 0.25) is 11.7 Å². The van der Waals surface area contributed by atoms with Crippen molar-refractivity contribution in [1.29, 1.82) is 0 Å². The largest absolute Gasteiger partial charge is 0.370 e. The first kappa shape index (κ1) is 10.2. The Kier molecular flexibility index (Phi) is 2.86. The number of rotatable bonds is 4. The summed E-state index contributed by atoms with van der Waals surface area (Å²) < 4.78 is 0. The molecule has 3 N–H and O–H groups in total. The highest BCUT2D eigenvalue weighted by molar-refractivity contribution is 5.74. The van der Waals surface area contributed by atoms with Crippen molar-refractivity contribution < 1.29 is 4.79 Å². The van der Waals surface area contributed by atoms with E-state index in [1.807, 2.05) is 12.1 Å². The van der Waals surface area contributed by atoms with Crippen LogP contribution in [0.15, 0.2) is 18.3 Å². The van der Waals surface area contributed by atoms with E-state index in [2.05, 4.69) is 25.6 Å². The van der Waals surface area contributed by atoms with Gasteiger partial charge in [0.25, 0.3) is 0 Å². The van der Waals surface area contributed by atoms with E-state index in [1.165, 1.54) is 0 Å². The highest BCUT2D eigenvalue weighted by Gasteiger charge is 2.05. The predicted molar refractivity (Wildman–Crippen MR) is 54.9 cm³/mol. The van der Waals surface area contributed by atoms with Crippen molar-refractivity contribution in [1.82, 2.24) is 25.6 Å². The Balaban J connectivity index is 2.17. The minimum Gasteiger partial charge on any atom is -0.370 e. The van der Waals surface area contributed by atoms with Gasteiger partial charge in [-0.2, -0.15) is 5.21 Å². The number of pyridine rings is 1. The van der Waals surface area contributed by atoms with E-state index in [-0.39, 0.29) is 5.91 Å². The first-order chi connectivity index (χ1) is 7.75. The summed E-state index contributed by atoms with van der Waals surface area (Å²) in [5.41, 5.74) is 6.67. The fourth-order valence-corrected chi connectivity index (χ4v) is 1.29. The second-order valence-corrected chi connectivity index (χ2v) is 3.25. The molecule has 0 aliphatic rings. The van der Waals surface area contributed by atoms with Crippen LogP contribution in [-0.4, -0.2) is 31.5 Å². The molecule has 0 atom stereocenters. The van der Waals surface area contributed by atoms with E-state index < -0.39 is 0 Å². The topological polar surface area (TPSA) is 110 Å². The van der Waals surface area contributed by atoms with Crippen LogP contribution in [0.4, 0.5) is 0 Å². The van der Waals surface area contributed by atoms with Crippen molar-refractivity contribution in [3.05, 3.63) is 23.9 Å². The number of carbonyl (C=O) groups is 1. The number of aryl methyl sites for hydroxylation is 1. The molecule has 2 heterocycles. The van der Waals surface area contributed by atoms with Gasteiger partial charge < -0.3 is 5.73 Å². The number of H-pyrrole nitrogens is 1. The van der Waals surface area contributed by atoms with Gasteiger partial charge in [-0.1, -0.05) is 0 Å². The van der Waals surface area contributed by atoms with Crippen molar-refractivity contribution in [2.45, 2.75) is 12.8 Å². The number of nitrogens with two attached hydrogens (primary N) is 1. The van der Waals surface area contributed by atoms with Gasteiger partial charge in [-0.15, -0.1) is 10.2 Å². The Morgan fingerprint density at radius 1 is 1.50 bits per heavy atom. The van der Waals surface area contributed by atoms with Gasteiger partial charge in [0, 0.05) is 12.6 Å². The summed E-state index contributed by atoms with van der Waals surface area (Å²) in [5.74, 6) is 0.110. The predicted octanol–water partition coefficient (Wildman–Crippen LogP) is -0.320. The fraction of sp³-hybridized carbons (Fsp3) is 0.222. The highest BCUT2D eigenvalue weighted by atomic mass is 16.1. The van der Waals surface area contributed by atoms with Gasteiger partial charge in [0.1, 0.15) is 5.69 Å². The second-order valence-electron chi connectivity index (χ2n) is 3.25. The standard InChI is InChI=1S/C9H10N6O/c10-8(16)2-1-6-3-4-11-7(5-6)9-12-14-15-13-9/h3-5H,1-2H2,(H2,10,16)(H,12,13,14,15). The molecule has 0 saturated carbocycles. The van der Waals surface area contributed by atoms with Crippen LogP contribution >= 0.6 is 0 Å². The van der Waals surface area contributed by atoms with Crippen LogP contribution in [0, 0.1) is 0 Å². The molecule has 7 heteroatoms. The lowest BCUT2D eigenvalue weighted by atomic mass is 10.1. The quantitative estimate of drug-likeness (QED) is 0.730. The van der Waals surface area contributed by atoms with E-state index in [0.717, 1.165) is 5.56 Å². The van der Waals surface area contributed by atoms with Crippen LogP contribution in [0.5, 0.6) is 0 Å². The Morgan fingerprint density at radius 3 is 3.06 bits per heavy atom. The van der Waals surface area contributed by atoms with Crippen molar-refractivity contribution in [3.63, 3.8) is 0 Å². The number of tetrazole rings is 1. The number of amides is 1. The lowest BCUT2D eigenvalue weighted by molar-refractivity contribution is -0.117. The van der Waals surface area contributed by atoms with Crippen LogP contribution in [0.25, 0.3) is 11.5 Å². The molecule has 7 nitrogen and oxygen atoms in total. The molecule has 16 heavy (non-hydrogen) atoms.